The van der Waals surface area contributed by atoms with Gasteiger partial charge in [0, 0.05) is 7.11 Å². The number of hydrogen-bond acceptors (Lipinski definition) is 1. The number of rotatable bonds is 12. The van der Waals surface area contributed by atoms with Crippen LogP contribution in [-0.4, -0.2) is 51.6 Å². The number of nitrogens with zero attached hydrogens (tertiary/aromatic N) is 1. The Bertz CT molecular complexity index is 197. The molecule has 0 bridgehead atoms. The highest BCUT2D eigenvalue weighted by Crippen LogP contribution is 2.14. The largest absolute Gasteiger partial charge is 0.673 e. The minimum absolute atomic E-state index is 0.914. The molecule has 0 unspecified atom stereocenters. The standard InChI is InChI=1S/C15H34NO.BF4/c1-5-8-11-16(12-9-6-2,13-10-7-3)14-15-17-4;2-1(3,4)5/h5-15H2,1-4H3;/q+1;-1. The molecule has 0 aromatic rings. The zero-order chi connectivity index (χ0) is 17.5. The smallest absolute Gasteiger partial charge is 0.418 e. The van der Waals surface area contributed by atoms with Crippen LogP contribution in [0.1, 0.15) is 59.3 Å². The number of methoxy groups -OCH3 is 1. The molecule has 0 aliphatic rings. The first-order valence-corrected chi connectivity index (χ1v) is 8.46. The highest BCUT2D eigenvalue weighted by atomic mass is 19.5. The molecule has 0 atom stereocenters. The van der Waals surface area contributed by atoms with Gasteiger partial charge in [0.15, 0.2) is 0 Å². The number of quaternary nitrogens is 1. The summed E-state index contributed by atoms with van der Waals surface area (Å²) in [6.45, 7) is 13.0. The van der Waals surface area contributed by atoms with Crippen LogP contribution in [0, 0.1) is 0 Å². The molecule has 0 aliphatic heterocycles. The number of hydrogen-bond donors (Lipinski definition) is 0. The van der Waals surface area contributed by atoms with Gasteiger partial charge in [-0.25, -0.2) is 0 Å². The lowest BCUT2D eigenvalue weighted by Gasteiger charge is -2.39. The molecule has 0 amide bonds. The van der Waals surface area contributed by atoms with Gasteiger partial charge < -0.3 is 26.5 Å². The van der Waals surface area contributed by atoms with Crippen molar-refractivity contribution in [1.29, 1.82) is 0 Å². The Labute approximate surface area is 133 Å². The van der Waals surface area contributed by atoms with E-state index in [1.807, 2.05) is 7.11 Å². The van der Waals surface area contributed by atoms with E-state index in [1.165, 1.54) is 69.2 Å². The van der Waals surface area contributed by atoms with Gasteiger partial charge >= 0.3 is 7.25 Å². The summed E-state index contributed by atoms with van der Waals surface area (Å²) in [5.74, 6) is 0. The van der Waals surface area contributed by atoms with Gasteiger partial charge in [0.1, 0.15) is 6.54 Å². The van der Waals surface area contributed by atoms with Crippen LogP contribution in [0.5, 0.6) is 0 Å². The molecule has 0 aromatic heterocycles. The first-order valence-electron chi connectivity index (χ1n) is 8.46. The molecule has 0 radical (unpaired) electrons. The topological polar surface area (TPSA) is 9.23 Å². The Morgan fingerprint density at radius 3 is 1.27 bits per heavy atom. The molecule has 22 heavy (non-hydrogen) atoms. The Morgan fingerprint density at radius 2 is 1.05 bits per heavy atom. The fourth-order valence-corrected chi connectivity index (χ4v) is 2.44. The van der Waals surface area contributed by atoms with Crippen molar-refractivity contribution in [3.63, 3.8) is 0 Å². The molecule has 0 heterocycles. The van der Waals surface area contributed by atoms with Gasteiger partial charge in [-0.1, -0.05) is 40.0 Å². The Morgan fingerprint density at radius 1 is 0.727 bits per heavy atom. The lowest BCUT2D eigenvalue weighted by Crippen LogP contribution is -2.52. The van der Waals surface area contributed by atoms with E-state index in [9.17, 15) is 17.3 Å². The van der Waals surface area contributed by atoms with Gasteiger partial charge in [-0.15, -0.1) is 0 Å². The van der Waals surface area contributed by atoms with Crippen LogP contribution in [0.15, 0.2) is 0 Å². The monoisotopic (exact) mass is 331 g/mol. The maximum atomic E-state index is 9.75. The maximum Gasteiger partial charge on any atom is 0.673 e. The van der Waals surface area contributed by atoms with Gasteiger partial charge in [-0.05, 0) is 19.3 Å². The van der Waals surface area contributed by atoms with Crippen LogP contribution in [0.25, 0.3) is 0 Å². The van der Waals surface area contributed by atoms with E-state index in [-0.39, 0.29) is 0 Å². The zero-order valence-corrected chi connectivity index (χ0v) is 14.7. The average molecular weight is 331 g/mol. The van der Waals surface area contributed by atoms with Crippen molar-refractivity contribution in [2.45, 2.75) is 59.3 Å². The Balaban J connectivity index is 0. The van der Waals surface area contributed by atoms with E-state index in [1.54, 1.807) is 0 Å². The van der Waals surface area contributed by atoms with Gasteiger partial charge in [-0.3, -0.25) is 0 Å². The summed E-state index contributed by atoms with van der Waals surface area (Å²) in [5.41, 5.74) is 0. The van der Waals surface area contributed by atoms with Crippen molar-refractivity contribution in [2.24, 2.45) is 0 Å². The van der Waals surface area contributed by atoms with Crippen LogP contribution < -0.4 is 0 Å². The lowest BCUT2D eigenvalue weighted by atomic mass is 10.1. The molecule has 0 aromatic carbocycles. The third-order valence-electron chi connectivity index (χ3n) is 3.73. The molecule has 0 saturated carbocycles. The molecular weight excluding hydrogens is 297 g/mol. The molecular formula is C15H34BF4NO. The molecule has 0 N–H and O–H groups in total. The summed E-state index contributed by atoms with van der Waals surface area (Å²) in [4.78, 5) is 0. The highest BCUT2D eigenvalue weighted by molar-refractivity contribution is 6.50. The minimum Gasteiger partial charge on any atom is -0.418 e. The van der Waals surface area contributed by atoms with Crippen molar-refractivity contribution in [2.75, 3.05) is 39.9 Å². The highest BCUT2D eigenvalue weighted by Gasteiger charge is 2.25. The zero-order valence-electron chi connectivity index (χ0n) is 14.7. The normalized spacial score (nSPS) is 12.0. The fraction of sp³-hybridized carbons (Fsp3) is 1.00. The number of ether oxygens (including phenoxy) is 1. The van der Waals surface area contributed by atoms with Crippen LogP contribution in [0.4, 0.5) is 17.3 Å². The molecule has 2 nitrogen and oxygen atoms in total. The third kappa shape index (κ3) is 17.8. The summed E-state index contributed by atoms with van der Waals surface area (Å²) in [6, 6.07) is 0. The van der Waals surface area contributed by atoms with Crippen molar-refractivity contribution in [3.8, 4) is 0 Å². The van der Waals surface area contributed by atoms with E-state index < -0.39 is 7.25 Å². The second-order valence-electron chi connectivity index (χ2n) is 5.78. The van der Waals surface area contributed by atoms with E-state index in [2.05, 4.69) is 20.8 Å². The molecule has 0 fully saturated rings. The van der Waals surface area contributed by atoms with Gasteiger partial charge in [0.25, 0.3) is 0 Å². The van der Waals surface area contributed by atoms with Gasteiger partial charge in [0.2, 0.25) is 0 Å². The van der Waals surface area contributed by atoms with E-state index in [0.717, 1.165) is 6.61 Å². The van der Waals surface area contributed by atoms with E-state index in [0.29, 0.717) is 0 Å². The lowest BCUT2D eigenvalue weighted by molar-refractivity contribution is -0.929. The SMILES string of the molecule is CCCC[N+](CCCC)(CCCC)CCOC.F[B-](F)(F)F. The van der Waals surface area contributed by atoms with Crippen molar-refractivity contribution >= 4 is 7.25 Å². The molecule has 0 saturated heterocycles. The van der Waals surface area contributed by atoms with E-state index >= 15 is 0 Å². The van der Waals surface area contributed by atoms with Gasteiger partial charge in [0.05, 0.1) is 26.2 Å². The summed E-state index contributed by atoms with van der Waals surface area (Å²) in [5, 5.41) is 0. The predicted octanol–water partition coefficient (Wildman–Crippen LogP) is 5.15. The quantitative estimate of drug-likeness (QED) is 0.273. The number of halogens is 4. The summed E-state index contributed by atoms with van der Waals surface area (Å²) in [7, 11) is -4.17. The molecule has 0 spiro atoms. The molecule has 136 valence electrons. The molecule has 0 rings (SSSR count). The summed E-state index contributed by atoms with van der Waals surface area (Å²) >= 11 is 0. The van der Waals surface area contributed by atoms with Crippen molar-refractivity contribution < 1.29 is 26.5 Å². The predicted molar refractivity (Wildman–Crippen MR) is 86.5 cm³/mol. The van der Waals surface area contributed by atoms with Crippen LogP contribution in [-0.2, 0) is 4.74 Å². The Kier molecular flexibility index (Phi) is 15.6. The van der Waals surface area contributed by atoms with Crippen LogP contribution in [0.2, 0.25) is 0 Å². The molecule has 0 aliphatic carbocycles. The number of unbranched alkanes of at least 4 members (excludes halogenated alkanes) is 3. The fourth-order valence-electron chi connectivity index (χ4n) is 2.44. The first-order chi connectivity index (χ1) is 10.2. The van der Waals surface area contributed by atoms with E-state index in [4.69, 9.17) is 4.74 Å². The minimum atomic E-state index is -6.00. The second kappa shape index (κ2) is 14.3. The second-order valence-corrected chi connectivity index (χ2v) is 5.78. The van der Waals surface area contributed by atoms with Gasteiger partial charge in [-0.2, -0.15) is 0 Å². The Hall–Kier alpha value is -0.295. The molecule has 7 heteroatoms. The van der Waals surface area contributed by atoms with Crippen molar-refractivity contribution in [1.82, 2.24) is 0 Å². The summed E-state index contributed by atoms with van der Waals surface area (Å²) in [6.07, 6.45) is 8.01. The third-order valence-corrected chi connectivity index (χ3v) is 3.73. The summed E-state index contributed by atoms with van der Waals surface area (Å²) < 4.78 is 45.6. The first kappa shape index (κ1) is 24.0. The van der Waals surface area contributed by atoms with Crippen molar-refractivity contribution in [3.05, 3.63) is 0 Å². The average Bonchev–Trinajstić information content (AvgIpc) is 2.44. The van der Waals surface area contributed by atoms with Crippen LogP contribution >= 0.6 is 0 Å². The maximum absolute atomic E-state index is 9.75. The van der Waals surface area contributed by atoms with Crippen LogP contribution in [0.3, 0.4) is 0 Å².